The fourth-order valence-electron chi connectivity index (χ4n) is 3.57. The van der Waals surface area contributed by atoms with Gasteiger partial charge in [-0.05, 0) is 18.0 Å². The summed E-state index contributed by atoms with van der Waals surface area (Å²) in [7, 11) is 0. The summed E-state index contributed by atoms with van der Waals surface area (Å²) in [6, 6.07) is 10.5. The maximum Gasteiger partial charge on any atom is 0.229 e. The maximum absolute atomic E-state index is 11.7. The second kappa shape index (κ2) is 6.58. The molecule has 2 fully saturated rings. The SMILES string of the molecule is NC[C@@H]1CN(CCN2C(=O)CCC2=O)C[C@H]1c1ccccc1. The third-order valence-electron chi connectivity index (χ3n) is 4.84. The highest BCUT2D eigenvalue weighted by Crippen LogP contribution is 2.31. The minimum absolute atomic E-state index is 0.0285. The first-order valence-electron chi connectivity index (χ1n) is 7.99. The van der Waals surface area contributed by atoms with Gasteiger partial charge < -0.3 is 10.6 Å². The minimum Gasteiger partial charge on any atom is -0.330 e. The van der Waals surface area contributed by atoms with Gasteiger partial charge in [-0.15, -0.1) is 0 Å². The zero-order valence-corrected chi connectivity index (χ0v) is 12.8. The molecule has 22 heavy (non-hydrogen) atoms. The predicted octanol–water partition coefficient (Wildman–Crippen LogP) is 0.810. The van der Waals surface area contributed by atoms with Crippen molar-refractivity contribution in [3.63, 3.8) is 0 Å². The highest BCUT2D eigenvalue weighted by molar-refractivity contribution is 6.01. The summed E-state index contributed by atoms with van der Waals surface area (Å²) in [6.07, 6.45) is 0.744. The summed E-state index contributed by atoms with van der Waals surface area (Å²) in [6.45, 7) is 3.81. The van der Waals surface area contributed by atoms with E-state index in [1.807, 2.05) is 6.07 Å². The first kappa shape index (κ1) is 15.2. The van der Waals surface area contributed by atoms with Crippen LogP contribution in [0.5, 0.6) is 0 Å². The van der Waals surface area contributed by atoms with E-state index in [1.165, 1.54) is 10.5 Å². The standard InChI is InChI=1S/C17H23N3O2/c18-10-14-11-19(8-9-20-16(21)6-7-17(20)22)12-15(14)13-4-2-1-3-5-13/h1-5,14-15H,6-12,18H2/t14-,15+/m1/s1. The van der Waals surface area contributed by atoms with Crippen LogP contribution in [0.3, 0.4) is 0 Å². The lowest BCUT2D eigenvalue weighted by molar-refractivity contribution is -0.138. The van der Waals surface area contributed by atoms with Gasteiger partial charge in [0.25, 0.3) is 0 Å². The molecule has 2 aliphatic heterocycles. The van der Waals surface area contributed by atoms with Gasteiger partial charge in [-0.2, -0.15) is 0 Å². The van der Waals surface area contributed by atoms with Crippen LogP contribution in [0.1, 0.15) is 24.3 Å². The van der Waals surface area contributed by atoms with Gasteiger partial charge >= 0.3 is 0 Å². The molecule has 1 aromatic carbocycles. The largest absolute Gasteiger partial charge is 0.330 e. The van der Waals surface area contributed by atoms with Crippen LogP contribution < -0.4 is 5.73 Å². The van der Waals surface area contributed by atoms with Gasteiger partial charge in [0.05, 0.1) is 0 Å². The van der Waals surface area contributed by atoms with Crippen molar-refractivity contribution < 1.29 is 9.59 Å². The zero-order valence-electron chi connectivity index (χ0n) is 12.8. The summed E-state index contributed by atoms with van der Waals surface area (Å²) < 4.78 is 0. The average Bonchev–Trinajstić information content (AvgIpc) is 3.10. The molecule has 0 aromatic heterocycles. The highest BCUT2D eigenvalue weighted by Gasteiger charge is 2.34. The Balaban J connectivity index is 1.60. The Hall–Kier alpha value is -1.72. The molecular formula is C17H23N3O2. The molecule has 2 saturated heterocycles. The summed E-state index contributed by atoms with van der Waals surface area (Å²) in [5.74, 6) is 0.821. The van der Waals surface area contributed by atoms with Gasteiger partial charge in [0.1, 0.15) is 0 Å². The fourth-order valence-corrected chi connectivity index (χ4v) is 3.57. The molecule has 5 heteroatoms. The maximum atomic E-state index is 11.7. The first-order chi connectivity index (χ1) is 10.7. The highest BCUT2D eigenvalue weighted by atomic mass is 16.2. The van der Waals surface area contributed by atoms with E-state index < -0.39 is 0 Å². The lowest BCUT2D eigenvalue weighted by Gasteiger charge is -2.20. The molecule has 118 valence electrons. The van der Waals surface area contributed by atoms with Crippen molar-refractivity contribution in [2.24, 2.45) is 11.7 Å². The van der Waals surface area contributed by atoms with E-state index in [1.54, 1.807) is 0 Å². The molecule has 2 atom stereocenters. The predicted molar refractivity (Wildman–Crippen MR) is 84.1 cm³/mol. The van der Waals surface area contributed by atoms with Crippen molar-refractivity contribution >= 4 is 11.8 Å². The number of likely N-dealkylation sites (tertiary alicyclic amines) is 2. The number of hydrogen-bond acceptors (Lipinski definition) is 4. The molecule has 2 N–H and O–H groups in total. The van der Waals surface area contributed by atoms with Gasteiger partial charge in [0.2, 0.25) is 11.8 Å². The molecule has 3 rings (SSSR count). The molecule has 2 amide bonds. The van der Waals surface area contributed by atoms with Gasteiger partial charge in [-0.3, -0.25) is 14.5 Å². The van der Waals surface area contributed by atoms with Gasteiger partial charge in [0.15, 0.2) is 0 Å². The molecule has 0 aliphatic carbocycles. The second-order valence-electron chi connectivity index (χ2n) is 6.21. The van der Waals surface area contributed by atoms with Crippen LogP contribution in [0.4, 0.5) is 0 Å². The molecule has 0 unspecified atom stereocenters. The molecule has 2 heterocycles. The van der Waals surface area contributed by atoms with E-state index in [0.29, 0.717) is 37.8 Å². The summed E-state index contributed by atoms with van der Waals surface area (Å²) in [5, 5.41) is 0. The fraction of sp³-hybridized carbons (Fsp3) is 0.529. The summed E-state index contributed by atoms with van der Waals surface area (Å²) >= 11 is 0. The topological polar surface area (TPSA) is 66.6 Å². The Morgan fingerprint density at radius 1 is 1.00 bits per heavy atom. The number of hydrogen-bond donors (Lipinski definition) is 1. The Morgan fingerprint density at radius 3 is 2.32 bits per heavy atom. The van der Waals surface area contributed by atoms with Gasteiger partial charge in [-0.25, -0.2) is 0 Å². The molecule has 1 aromatic rings. The van der Waals surface area contributed by atoms with Crippen molar-refractivity contribution in [3.05, 3.63) is 35.9 Å². The lowest BCUT2D eigenvalue weighted by atomic mass is 9.89. The van der Waals surface area contributed by atoms with E-state index >= 15 is 0 Å². The third-order valence-corrected chi connectivity index (χ3v) is 4.84. The van der Waals surface area contributed by atoms with Crippen LogP contribution in [0.25, 0.3) is 0 Å². The van der Waals surface area contributed by atoms with E-state index in [2.05, 4.69) is 29.2 Å². The lowest BCUT2D eigenvalue weighted by Crippen LogP contribution is -2.37. The number of imide groups is 1. The molecule has 5 nitrogen and oxygen atoms in total. The van der Waals surface area contributed by atoms with E-state index in [-0.39, 0.29) is 11.8 Å². The number of rotatable bonds is 5. The van der Waals surface area contributed by atoms with Gasteiger partial charge in [-0.1, -0.05) is 30.3 Å². The van der Waals surface area contributed by atoms with E-state index in [4.69, 9.17) is 5.73 Å². The van der Waals surface area contributed by atoms with Crippen LogP contribution in [0.15, 0.2) is 30.3 Å². The van der Waals surface area contributed by atoms with E-state index in [9.17, 15) is 9.59 Å². The molecule has 0 spiro atoms. The van der Waals surface area contributed by atoms with Crippen molar-refractivity contribution in [1.82, 2.24) is 9.80 Å². The molecule has 0 saturated carbocycles. The molecule has 0 bridgehead atoms. The Bertz CT molecular complexity index is 530. The number of benzene rings is 1. The van der Waals surface area contributed by atoms with Crippen LogP contribution in [-0.4, -0.2) is 54.3 Å². The normalized spacial score (nSPS) is 26.1. The smallest absolute Gasteiger partial charge is 0.229 e. The minimum atomic E-state index is -0.0285. The second-order valence-corrected chi connectivity index (χ2v) is 6.21. The number of nitrogens with zero attached hydrogens (tertiary/aromatic N) is 2. The first-order valence-corrected chi connectivity index (χ1v) is 7.99. The summed E-state index contributed by atoms with van der Waals surface area (Å²) in [5.41, 5.74) is 7.27. The van der Waals surface area contributed by atoms with Crippen LogP contribution in [-0.2, 0) is 9.59 Å². The molecular weight excluding hydrogens is 278 g/mol. The quantitative estimate of drug-likeness (QED) is 0.817. The number of carbonyl (C=O) groups excluding carboxylic acids is 2. The van der Waals surface area contributed by atoms with E-state index in [0.717, 1.165) is 19.6 Å². The van der Waals surface area contributed by atoms with Crippen molar-refractivity contribution in [2.75, 3.05) is 32.7 Å². The Labute approximate surface area is 131 Å². The third kappa shape index (κ3) is 3.05. The van der Waals surface area contributed by atoms with Gasteiger partial charge in [0, 0.05) is 44.9 Å². The Morgan fingerprint density at radius 2 is 1.68 bits per heavy atom. The van der Waals surface area contributed by atoms with Crippen LogP contribution in [0, 0.1) is 5.92 Å². The zero-order chi connectivity index (χ0) is 15.5. The number of nitrogens with two attached hydrogens (primary N) is 1. The number of amides is 2. The van der Waals surface area contributed by atoms with Crippen LogP contribution in [0.2, 0.25) is 0 Å². The molecule has 2 aliphatic rings. The van der Waals surface area contributed by atoms with Crippen LogP contribution >= 0.6 is 0 Å². The monoisotopic (exact) mass is 301 g/mol. The van der Waals surface area contributed by atoms with Crippen molar-refractivity contribution in [3.8, 4) is 0 Å². The number of carbonyl (C=O) groups is 2. The van der Waals surface area contributed by atoms with Crippen molar-refractivity contribution in [1.29, 1.82) is 0 Å². The van der Waals surface area contributed by atoms with Crippen molar-refractivity contribution in [2.45, 2.75) is 18.8 Å². The summed E-state index contributed by atoms with van der Waals surface area (Å²) in [4.78, 5) is 27.1. The Kier molecular flexibility index (Phi) is 4.55. The average molecular weight is 301 g/mol. The molecule has 0 radical (unpaired) electrons.